The molecular weight excluding hydrogens is 588 g/mol. The third-order valence-electron chi connectivity index (χ3n) is 9.86. The predicted octanol–water partition coefficient (Wildman–Crippen LogP) is 12.1. The van der Waals surface area contributed by atoms with E-state index >= 15 is 0 Å². The standard InChI is InChI=1S/C44H24N2O2/c1-2-9-25(10-3-1)26-17-19-28(20-18-26)40-43-41(33-13-5-7-16-36(33)48-43)46-44(45-40)34-22-21-27-11-8-14-30-31-23-24-32-29-12-4-6-15-35(29)47-42(32)39(31)38(34)37(27)30/h1-24H. The smallest absolute Gasteiger partial charge is 0.180 e. The normalized spacial score (nSPS) is 12.2. The number of hydrogen-bond donors (Lipinski definition) is 0. The first-order valence-electron chi connectivity index (χ1n) is 16.2. The SMILES string of the molecule is c1ccc(-c2ccc(-c3nc(-c4ccc5cccc6c5c4-c4c-6ccc5c4oc4ccccc45)nc4c3oc3ccccc34)cc2)cc1. The monoisotopic (exact) mass is 612 g/mol. The Labute approximate surface area is 274 Å². The molecular formula is C44H24N2O2. The zero-order valence-electron chi connectivity index (χ0n) is 25.6. The molecule has 11 rings (SSSR count). The minimum Gasteiger partial charge on any atom is -0.455 e. The van der Waals surface area contributed by atoms with Gasteiger partial charge in [-0.25, -0.2) is 9.97 Å². The van der Waals surface area contributed by atoms with Crippen LogP contribution in [0.3, 0.4) is 0 Å². The molecule has 1 aliphatic carbocycles. The van der Waals surface area contributed by atoms with Crippen molar-refractivity contribution in [1.29, 1.82) is 0 Å². The fourth-order valence-electron chi connectivity index (χ4n) is 7.67. The second kappa shape index (κ2) is 9.50. The van der Waals surface area contributed by atoms with E-state index in [0.717, 1.165) is 71.9 Å². The summed E-state index contributed by atoms with van der Waals surface area (Å²) in [4.78, 5) is 10.6. The number of benzene rings is 7. The summed E-state index contributed by atoms with van der Waals surface area (Å²) in [5, 5.41) is 5.57. The fraction of sp³-hybridized carbons (Fsp3) is 0. The number of nitrogens with zero attached hydrogens (tertiary/aromatic N) is 2. The summed E-state index contributed by atoms with van der Waals surface area (Å²) in [5.41, 5.74) is 13.7. The van der Waals surface area contributed by atoms with Crippen molar-refractivity contribution in [3.8, 4) is 56.0 Å². The molecule has 1 aliphatic rings. The molecule has 10 aromatic rings. The first-order valence-corrected chi connectivity index (χ1v) is 16.2. The Kier molecular flexibility index (Phi) is 5.08. The van der Waals surface area contributed by atoms with Gasteiger partial charge in [-0.1, -0.05) is 115 Å². The van der Waals surface area contributed by atoms with Crippen LogP contribution in [0.15, 0.2) is 154 Å². The summed E-state index contributed by atoms with van der Waals surface area (Å²) in [6, 6.07) is 50.7. The summed E-state index contributed by atoms with van der Waals surface area (Å²) in [6.07, 6.45) is 0. The molecule has 222 valence electrons. The van der Waals surface area contributed by atoms with Crippen LogP contribution < -0.4 is 0 Å². The third kappa shape index (κ3) is 3.49. The highest BCUT2D eigenvalue weighted by Gasteiger charge is 2.30. The Morgan fingerprint density at radius 3 is 1.94 bits per heavy atom. The molecule has 0 fully saturated rings. The van der Waals surface area contributed by atoms with Gasteiger partial charge in [-0.15, -0.1) is 0 Å². The van der Waals surface area contributed by atoms with E-state index in [-0.39, 0.29) is 0 Å². The Bertz CT molecular complexity index is 2930. The molecule has 48 heavy (non-hydrogen) atoms. The van der Waals surface area contributed by atoms with Crippen LogP contribution >= 0.6 is 0 Å². The van der Waals surface area contributed by atoms with Gasteiger partial charge in [0, 0.05) is 38.4 Å². The van der Waals surface area contributed by atoms with Crippen molar-refractivity contribution < 1.29 is 8.83 Å². The largest absolute Gasteiger partial charge is 0.455 e. The minimum absolute atomic E-state index is 0.656. The van der Waals surface area contributed by atoms with Crippen molar-refractivity contribution in [2.75, 3.05) is 0 Å². The van der Waals surface area contributed by atoms with Crippen LogP contribution in [0.25, 0.3) is 111 Å². The van der Waals surface area contributed by atoms with Gasteiger partial charge in [0.05, 0.1) is 0 Å². The maximum Gasteiger partial charge on any atom is 0.180 e. The van der Waals surface area contributed by atoms with Crippen LogP contribution in [0.2, 0.25) is 0 Å². The fourth-order valence-corrected chi connectivity index (χ4v) is 7.67. The van der Waals surface area contributed by atoms with Gasteiger partial charge in [-0.3, -0.25) is 0 Å². The summed E-state index contributed by atoms with van der Waals surface area (Å²) >= 11 is 0. The van der Waals surface area contributed by atoms with Crippen molar-refractivity contribution in [1.82, 2.24) is 9.97 Å². The van der Waals surface area contributed by atoms with E-state index in [1.165, 1.54) is 27.5 Å². The number of furan rings is 2. The lowest BCUT2D eigenvalue weighted by molar-refractivity contribution is 0.667. The average Bonchev–Trinajstić information content (AvgIpc) is 3.83. The molecule has 0 unspecified atom stereocenters. The molecule has 0 spiro atoms. The molecule has 0 saturated heterocycles. The van der Waals surface area contributed by atoms with Gasteiger partial charge in [0.2, 0.25) is 0 Å². The van der Waals surface area contributed by atoms with Crippen LogP contribution in [0.5, 0.6) is 0 Å². The van der Waals surface area contributed by atoms with Crippen LogP contribution in [0.1, 0.15) is 0 Å². The van der Waals surface area contributed by atoms with Crippen LogP contribution in [0.4, 0.5) is 0 Å². The van der Waals surface area contributed by atoms with E-state index in [9.17, 15) is 0 Å². The van der Waals surface area contributed by atoms with Gasteiger partial charge in [0.1, 0.15) is 28.0 Å². The second-order valence-corrected chi connectivity index (χ2v) is 12.5. The molecule has 0 amide bonds. The number of rotatable bonds is 3. The molecule has 0 aliphatic heterocycles. The highest BCUT2D eigenvalue weighted by molar-refractivity contribution is 6.25. The van der Waals surface area contributed by atoms with Gasteiger partial charge in [0.15, 0.2) is 11.4 Å². The van der Waals surface area contributed by atoms with Crippen molar-refractivity contribution in [3.63, 3.8) is 0 Å². The first-order chi connectivity index (χ1) is 23.8. The van der Waals surface area contributed by atoms with Crippen molar-refractivity contribution in [2.45, 2.75) is 0 Å². The van der Waals surface area contributed by atoms with Crippen LogP contribution in [-0.2, 0) is 0 Å². The van der Waals surface area contributed by atoms with Crippen molar-refractivity contribution in [3.05, 3.63) is 146 Å². The van der Waals surface area contributed by atoms with Gasteiger partial charge in [-0.05, 0) is 63.4 Å². The molecule has 0 N–H and O–H groups in total. The lowest BCUT2D eigenvalue weighted by Crippen LogP contribution is -1.96. The molecule has 4 heteroatoms. The van der Waals surface area contributed by atoms with Gasteiger partial charge in [0.25, 0.3) is 0 Å². The molecule has 3 aromatic heterocycles. The Hall–Kier alpha value is -6.52. The van der Waals surface area contributed by atoms with E-state index < -0.39 is 0 Å². The molecule has 4 nitrogen and oxygen atoms in total. The molecule has 3 heterocycles. The highest BCUT2D eigenvalue weighted by Crippen LogP contribution is 2.54. The maximum absolute atomic E-state index is 6.65. The minimum atomic E-state index is 0.656. The maximum atomic E-state index is 6.65. The highest BCUT2D eigenvalue weighted by atomic mass is 16.3. The quantitative estimate of drug-likeness (QED) is 0.199. The summed E-state index contributed by atoms with van der Waals surface area (Å²) in [7, 11) is 0. The van der Waals surface area contributed by atoms with Gasteiger partial charge < -0.3 is 8.83 Å². The molecule has 0 bridgehead atoms. The van der Waals surface area contributed by atoms with E-state index in [4.69, 9.17) is 18.8 Å². The summed E-state index contributed by atoms with van der Waals surface area (Å²) in [5.74, 6) is 0.656. The van der Waals surface area contributed by atoms with Crippen molar-refractivity contribution >= 4 is 54.8 Å². The molecule has 0 atom stereocenters. The van der Waals surface area contributed by atoms with Crippen LogP contribution in [0, 0.1) is 0 Å². The number of hydrogen-bond acceptors (Lipinski definition) is 4. The number of para-hydroxylation sites is 2. The van der Waals surface area contributed by atoms with E-state index in [1.807, 2.05) is 36.4 Å². The second-order valence-electron chi connectivity index (χ2n) is 12.5. The van der Waals surface area contributed by atoms with E-state index in [0.29, 0.717) is 11.4 Å². The summed E-state index contributed by atoms with van der Waals surface area (Å²) in [6.45, 7) is 0. The summed E-state index contributed by atoms with van der Waals surface area (Å²) < 4.78 is 13.1. The average molecular weight is 613 g/mol. The van der Waals surface area contributed by atoms with Gasteiger partial charge in [-0.2, -0.15) is 0 Å². The van der Waals surface area contributed by atoms with Gasteiger partial charge >= 0.3 is 0 Å². The Balaban J connectivity index is 1.21. The van der Waals surface area contributed by atoms with E-state index in [1.54, 1.807) is 0 Å². The first kappa shape index (κ1) is 25.6. The lowest BCUT2D eigenvalue weighted by atomic mass is 9.95. The van der Waals surface area contributed by atoms with E-state index in [2.05, 4.69) is 109 Å². The molecule has 0 saturated carbocycles. The Morgan fingerprint density at radius 1 is 0.396 bits per heavy atom. The van der Waals surface area contributed by atoms with Crippen LogP contribution in [-0.4, -0.2) is 9.97 Å². The zero-order chi connectivity index (χ0) is 31.3. The number of aromatic nitrogens is 2. The van der Waals surface area contributed by atoms with Crippen molar-refractivity contribution in [2.24, 2.45) is 0 Å². The molecule has 7 aromatic carbocycles. The lowest BCUT2D eigenvalue weighted by Gasteiger charge is -2.12. The topological polar surface area (TPSA) is 52.1 Å². The Morgan fingerprint density at radius 2 is 1.08 bits per heavy atom. The predicted molar refractivity (Wildman–Crippen MR) is 195 cm³/mol. The zero-order valence-corrected chi connectivity index (χ0v) is 25.6. The molecule has 0 radical (unpaired) electrons. The third-order valence-corrected chi connectivity index (χ3v) is 9.86. The number of fused-ring (bicyclic) bond motifs is 10.